The van der Waals surface area contributed by atoms with Gasteiger partial charge in [-0.25, -0.2) is 0 Å². The number of aliphatic hydroxyl groups is 1. The van der Waals surface area contributed by atoms with Crippen LogP contribution in [0.3, 0.4) is 0 Å². The van der Waals surface area contributed by atoms with Crippen molar-refractivity contribution in [2.45, 2.75) is 6.42 Å². The molecular weight excluding hydrogens is 144 g/mol. The lowest BCUT2D eigenvalue weighted by Gasteiger charge is -2.11. The third-order valence-corrected chi connectivity index (χ3v) is 1.63. The van der Waals surface area contributed by atoms with Crippen molar-refractivity contribution in [1.82, 2.24) is 10.4 Å². The van der Waals surface area contributed by atoms with Gasteiger partial charge in [0.25, 0.3) is 0 Å². The summed E-state index contributed by atoms with van der Waals surface area (Å²) in [7, 11) is 1.59. The summed E-state index contributed by atoms with van der Waals surface area (Å²) in [4.78, 5) is 6.80. The Labute approximate surface area is 66.4 Å². The molecule has 1 aliphatic rings. The number of nitrogens with zero attached hydrogens (tertiary/aromatic N) is 1. The van der Waals surface area contributed by atoms with Gasteiger partial charge in [-0.1, -0.05) is 0 Å². The van der Waals surface area contributed by atoms with E-state index in [-0.39, 0.29) is 6.61 Å². The zero-order valence-electron chi connectivity index (χ0n) is 6.71. The van der Waals surface area contributed by atoms with Gasteiger partial charge in [0, 0.05) is 25.7 Å². The molecule has 4 nitrogen and oxygen atoms in total. The van der Waals surface area contributed by atoms with Crippen molar-refractivity contribution in [3.05, 3.63) is 11.9 Å². The van der Waals surface area contributed by atoms with Crippen molar-refractivity contribution in [1.29, 1.82) is 0 Å². The Morgan fingerprint density at radius 1 is 1.82 bits per heavy atom. The van der Waals surface area contributed by atoms with Gasteiger partial charge >= 0.3 is 0 Å². The maximum absolute atomic E-state index is 8.62. The second-order valence-electron chi connectivity index (χ2n) is 2.47. The Balaban J connectivity index is 2.28. The average molecular weight is 158 g/mol. The summed E-state index contributed by atoms with van der Waals surface area (Å²) in [6.07, 6.45) is 2.94. The highest BCUT2D eigenvalue weighted by atomic mass is 16.6. The first-order chi connectivity index (χ1) is 5.36. The average Bonchev–Trinajstić information content (AvgIpc) is 2.38. The van der Waals surface area contributed by atoms with Crippen LogP contribution in [0, 0.1) is 0 Å². The molecular formula is C7H14N2O2. The fourth-order valence-corrected chi connectivity index (χ4v) is 1.13. The zero-order valence-corrected chi connectivity index (χ0v) is 6.71. The van der Waals surface area contributed by atoms with E-state index < -0.39 is 0 Å². The van der Waals surface area contributed by atoms with Gasteiger partial charge < -0.3 is 10.0 Å². The van der Waals surface area contributed by atoms with Gasteiger partial charge in [0.05, 0.1) is 19.4 Å². The van der Waals surface area contributed by atoms with Gasteiger partial charge in [0.1, 0.15) is 0 Å². The number of nitrogens with one attached hydrogen (secondary N) is 1. The molecule has 64 valence electrons. The first-order valence-corrected chi connectivity index (χ1v) is 3.71. The maximum Gasteiger partial charge on any atom is 0.0636 e. The maximum atomic E-state index is 8.62. The van der Waals surface area contributed by atoms with Gasteiger partial charge in [-0.15, -0.1) is 0 Å². The van der Waals surface area contributed by atoms with Crippen LogP contribution in [0.5, 0.6) is 0 Å². The molecule has 1 rings (SSSR count). The molecule has 0 aliphatic carbocycles. The van der Waals surface area contributed by atoms with Crippen molar-refractivity contribution in [3.8, 4) is 0 Å². The summed E-state index contributed by atoms with van der Waals surface area (Å²) in [5.74, 6) is 0. The van der Waals surface area contributed by atoms with Crippen LogP contribution in [0.4, 0.5) is 0 Å². The molecule has 0 amide bonds. The SMILES string of the molecule is CONC1=CN(CCO)CC1. The van der Waals surface area contributed by atoms with Gasteiger partial charge in [0.2, 0.25) is 0 Å². The number of hydrogen-bond donors (Lipinski definition) is 2. The number of rotatable bonds is 4. The van der Waals surface area contributed by atoms with Crippen LogP contribution < -0.4 is 5.48 Å². The van der Waals surface area contributed by atoms with E-state index in [0.29, 0.717) is 6.54 Å². The molecule has 0 aromatic rings. The molecule has 0 aromatic carbocycles. The highest BCUT2D eigenvalue weighted by Crippen LogP contribution is 2.09. The van der Waals surface area contributed by atoms with E-state index in [1.807, 2.05) is 6.20 Å². The summed E-state index contributed by atoms with van der Waals surface area (Å²) in [5, 5.41) is 8.62. The number of hydroxylamine groups is 1. The molecule has 1 aliphatic heterocycles. The summed E-state index contributed by atoms with van der Waals surface area (Å²) >= 11 is 0. The van der Waals surface area contributed by atoms with Crippen LogP contribution in [0.25, 0.3) is 0 Å². The van der Waals surface area contributed by atoms with E-state index >= 15 is 0 Å². The lowest BCUT2D eigenvalue weighted by Crippen LogP contribution is -2.18. The molecule has 2 N–H and O–H groups in total. The standard InChI is InChI=1S/C7H14N2O2/c1-11-8-7-2-3-9(6-7)4-5-10/h6,8,10H,2-5H2,1H3. The van der Waals surface area contributed by atoms with Gasteiger partial charge in [0.15, 0.2) is 0 Å². The van der Waals surface area contributed by atoms with Crippen molar-refractivity contribution in [2.24, 2.45) is 0 Å². The van der Waals surface area contributed by atoms with Crippen molar-refractivity contribution in [2.75, 3.05) is 26.8 Å². The fraction of sp³-hybridized carbons (Fsp3) is 0.714. The van der Waals surface area contributed by atoms with E-state index in [4.69, 9.17) is 9.94 Å². The largest absolute Gasteiger partial charge is 0.395 e. The summed E-state index contributed by atoms with van der Waals surface area (Å²) in [6, 6.07) is 0. The monoisotopic (exact) mass is 158 g/mol. The Hall–Kier alpha value is -0.740. The van der Waals surface area contributed by atoms with Crippen LogP contribution in [0.15, 0.2) is 11.9 Å². The molecule has 0 fully saturated rings. The lowest BCUT2D eigenvalue weighted by molar-refractivity contribution is 0.116. The Bertz CT molecular complexity index is 147. The first-order valence-electron chi connectivity index (χ1n) is 3.71. The molecule has 0 saturated carbocycles. The molecule has 1 heterocycles. The third-order valence-electron chi connectivity index (χ3n) is 1.63. The van der Waals surface area contributed by atoms with Gasteiger partial charge in [-0.2, -0.15) is 0 Å². The van der Waals surface area contributed by atoms with Crippen molar-refractivity contribution < 1.29 is 9.94 Å². The van der Waals surface area contributed by atoms with Crippen molar-refractivity contribution >= 4 is 0 Å². The second-order valence-corrected chi connectivity index (χ2v) is 2.47. The molecule has 0 saturated heterocycles. The lowest BCUT2D eigenvalue weighted by atomic mass is 10.4. The molecule has 0 aromatic heterocycles. The minimum Gasteiger partial charge on any atom is -0.395 e. The molecule has 0 spiro atoms. The van der Waals surface area contributed by atoms with Crippen LogP contribution in [0.1, 0.15) is 6.42 Å². The van der Waals surface area contributed by atoms with Crippen LogP contribution in [0.2, 0.25) is 0 Å². The van der Waals surface area contributed by atoms with E-state index in [0.717, 1.165) is 18.7 Å². The number of aliphatic hydroxyl groups excluding tert-OH is 1. The summed E-state index contributed by atoms with van der Waals surface area (Å²) in [5.41, 5.74) is 3.84. The number of hydrogen-bond acceptors (Lipinski definition) is 4. The zero-order chi connectivity index (χ0) is 8.10. The highest BCUT2D eigenvalue weighted by Gasteiger charge is 2.10. The predicted octanol–water partition coefficient (Wildman–Crippen LogP) is -0.323. The fourth-order valence-electron chi connectivity index (χ4n) is 1.13. The second kappa shape index (κ2) is 4.20. The Morgan fingerprint density at radius 2 is 2.64 bits per heavy atom. The minimum atomic E-state index is 0.205. The normalized spacial score (nSPS) is 16.9. The predicted molar refractivity (Wildman–Crippen MR) is 41.5 cm³/mol. The van der Waals surface area contributed by atoms with Crippen LogP contribution >= 0.6 is 0 Å². The molecule has 0 bridgehead atoms. The molecule has 11 heavy (non-hydrogen) atoms. The van der Waals surface area contributed by atoms with Crippen LogP contribution in [-0.4, -0.2) is 36.8 Å². The van der Waals surface area contributed by atoms with Gasteiger partial charge in [-0.05, 0) is 0 Å². The molecule has 0 radical (unpaired) electrons. The van der Waals surface area contributed by atoms with Gasteiger partial charge in [-0.3, -0.25) is 10.3 Å². The quantitative estimate of drug-likeness (QED) is 0.550. The summed E-state index contributed by atoms with van der Waals surface area (Å²) < 4.78 is 0. The smallest absolute Gasteiger partial charge is 0.0636 e. The Morgan fingerprint density at radius 3 is 3.27 bits per heavy atom. The third kappa shape index (κ3) is 2.40. The van der Waals surface area contributed by atoms with E-state index in [1.165, 1.54) is 0 Å². The number of β-amino-alcohol motifs (C(OH)–C–C–N with tert-alkyl or cyclic N) is 1. The molecule has 0 atom stereocenters. The topological polar surface area (TPSA) is 44.7 Å². The molecule has 4 heteroatoms. The van der Waals surface area contributed by atoms with E-state index in [9.17, 15) is 0 Å². The highest BCUT2D eigenvalue weighted by molar-refractivity contribution is 5.03. The summed E-state index contributed by atoms with van der Waals surface area (Å²) in [6.45, 7) is 1.87. The van der Waals surface area contributed by atoms with E-state index in [1.54, 1.807) is 7.11 Å². The molecule has 0 unspecified atom stereocenters. The first kappa shape index (κ1) is 8.36. The van der Waals surface area contributed by atoms with Crippen molar-refractivity contribution in [3.63, 3.8) is 0 Å². The van der Waals surface area contributed by atoms with Crippen LogP contribution in [-0.2, 0) is 4.84 Å². The Kier molecular flexibility index (Phi) is 3.19. The minimum absolute atomic E-state index is 0.205. The van der Waals surface area contributed by atoms with E-state index in [2.05, 4.69) is 10.4 Å².